The van der Waals surface area contributed by atoms with Crippen LogP contribution in [0.15, 0.2) is 200 Å². The second-order valence-electron chi connectivity index (χ2n) is 14.5. The number of fused-ring (bicyclic) bond motifs is 4. The molecule has 0 saturated heterocycles. The Hall–Kier alpha value is -7.67. The average Bonchev–Trinajstić information content (AvgIpc) is 3.68. The summed E-state index contributed by atoms with van der Waals surface area (Å²) in [6, 6.07) is 69.6. The first-order valence-electron chi connectivity index (χ1n) is 19.6. The molecule has 0 N–H and O–H groups in total. The Morgan fingerprint density at radius 1 is 0.271 bits per heavy atom. The third-order valence-corrected chi connectivity index (χ3v) is 11.8. The van der Waals surface area contributed by atoms with Crippen molar-refractivity contribution in [1.82, 2.24) is 24.9 Å². The van der Waals surface area contributed by atoms with Crippen molar-refractivity contribution < 1.29 is 0 Å². The molecule has 0 bridgehead atoms. The van der Waals surface area contributed by atoms with Crippen LogP contribution in [0.4, 0.5) is 0 Å². The number of nitrogens with zero attached hydrogens (tertiary/aromatic N) is 5. The first-order valence-corrected chi connectivity index (χ1v) is 20.4. The van der Waals surface area contributed by atoms with Crippen molar-refractivity contribution in [1.29, 1.82) is 0 Å². The van der Waals surface area contributed by atoms with Crippen molar-refractivity contribution in [2.45, 2.75) is 0 Å². The van der Waals surface area contributed by atoms with Gasteiger partial charge in [0.15, 0.2) is 17.5 Å². The van der Waals surface area contributed by atoms with E-state index in [2.05, 4.69) is 140 Å². The van der Waals surface area contributed by atoms with Crippen molar-refractivity contribution in [3.05, 3.63) is 200 Å². The molecule has 0 radical (unpaired) electrons. The van der Waals surface area contributed by atoms with Gasteiger partial charge in [-0.1, -0.05) is 170 Å². The van der Waals surface area contributed by atoms with Crippen LogP contribution in [0.25, 0.3) is 110 Å². The van der Waals surface area contributed by atoms with Crippen LogP contribution in [-0.4, -0.2) is 24.9 Å². The highest BCUT2D eigenvalue weighted by Gasteiger charge is 2.15. The van der Waals surface area contributed by atoms with Crippen LogP contribution in [0.1, 0.15) is 0 Å². The van der Waals surface area contributed by atoms with Crippen LogP contribution in [0.3, 0.4) is 0 Å². The van der Waals surface area contributed by atoms with Gasteiger partial charge in [0.2, 0.25) is 0 Å². The minimum atomic E-state index is 0.631. The number of para-hydroxylation sites is 2. The Kier molecular flexibility index (Phi) is 8.60. The van der Waals surface area contributed by atoms with Gasteiger partial charge in [-0.15, -0.1) is 11.3 Å². The van der Waals surface area contributed by atoms with Crippen LogP contribution in [0.2, 0.25) is 0 Å². The molecule has 276 valence electrons. The third-order valence-electron chi connectivity index (χ3n) is 10.8. The summed E-state index contributed by atoms with van der Waals surface area (Å²) < 4.78 is 1.19. The number of hydrogen-bond donors (Lipinski definition) is 0. The Balaban J connectivity index is 0.890. The zero-order valence-corrected chi connectivity index (χ0v) is 32.5. The van der Waals surface area contributed by atoms with Crippen molar-refractivity contribution in [2.24, 2.45) is 0 Å². The van der Waals surface area contributed by atoms with E-state index in [9.17, 15) is 0 Å². The molecular weight excluding hydrogens is 739 g/mol. The fourth-order valence-corrected chi connectivity index (χ4v) is 8.75. The minimum absolute atomic E-state index is 0.631. The Morgan fingerprint density at radius 2 is 0.661 bits per heavy atom. The lowest BCUT2D eigenvalue weighted by atomic mass is 9.96. The van der Waals surface area contributed by atoms with E-state index in [1.165, 1.54) is 21.4 Å². The summed E-state index contributed by atoms with van der Waals surface area (Å²) in [5.41, 5.74) is 14.8. The first-order chi connectivity index (χ1) is 29.2. The normalized spacial score (nSPS) is 11.4. The minimum Gasteiger partial charge on any atom is -0.243 e. The molecule has 0 aliphatic heterocycles. The molecule has 0 spiro atoms. The van der Waals surface area contributed by atoms with E-state index in [0.717, 1.165) is 71.3 Å². The molecule has 11 rings (SSSR count). The van der Waals surface area contributed by atoms with Gasteiger partial charge in [0.05, 0.1) is 11.0 Å². The number of thiophene rings is 1. The molecule has 0 unspecified atom stereocenters. The maximum Gasteiger partial charge on any atom is 0.164 e. The predicted octanol–water partition coefficient (Wildman–Crippen LogP) is 13.9. The summed E-state index contributed by atoms with van der Waals surface area (Å²) in [6.07, 6.45) is 0. The highest BCUT2D eigenvalue weighted by Crippen LogP contribution is 2.37. The summed E-state index contributed by atoms with van der Waals surface area (Å²) in [4.78, 5) is 25.8. The smallest absolute Gasteiger partial charge is 0.164 e. The van der Waals surface area contributed by atoms with Gasteiger partial charge in [-0.05, 0) is 74.8 Å². The molecular formula is C53H33N5S. The standard InChI is InChI=1S/C53H33N5S/c1-3-11-34(12-4-1)35-25-27-39(28-26-35)51-56-50(38-13-5-2-6-14-38)57-52(58-51)44-18-10-16-41(32-44)37-23-21-36(22-24-37)40-15-9-17-42(31-40)43-29-30-45-48(33-43)59-53-49(45)54-46-19-7-8-20-47(46)55-53/h1-33H. The second-order valence-corrected chi connectivity index (χ2v) is 15.6. The SMILES string of the molecule is c1ccc(-c2ccc(-c3nc(-c4ccccc4)nc(-c4cccc(-c5ccc(-c6cccc(-c7ccc8c(c7)sc7nc9ccccc9nc78)c6)cc5)c4)n3)cc2)cc1. The second kappa shape index (κ2) is 14.7. The molecule has 0 aliphatic carbocycles. The van der Waals surface area contributed by atoms with E-state index in [0.29, 0.717) is 17.5 Å². The van der Waals surface area contributed by atoms with Gasteiger partial charge in [0, 0.05) is 26.8 Å². The number of benzene rings is 8. The van der Waals surface area contributed by atoms with Crippen LogP contribution >= 0.6 is 11.3 Å². The topological polar surface area (TPSA) is 64.5 Å². The highest BCUT2D eigenvalue weighted by molar-refractivity contribution is 7.25. The number of aromatic nitrogens is 5. The van der Waals surface area contributed by atoms with Crippen molar-refractivity contribution in [3.63, 3.8) is 0 Å². The van der Waals surface area contributed by atoms with Crippen molar-refractivity contribution in [3.8, 4) is 78.7 Å². The van der Waals surface area contributed by atoms with Crippen molar-refractivity contribution >= 4 is 42.8 Å². The van der Waals surface area contributed by atoms with Gasteiger partial charge in [-0.3, -0.25) is 0 Å². The first kappa shape index (κ1) is 34.6. The van der Waals surface area contributed by atoms with Gasteiger partial charge in [-0.2, -0.15) is 0 Å². The van der Waals surface area contributed by atoms with E-state index < -0.39 is 0 Å². The Labute approximate surface area is 345 Å². The molecule has 0 aliphatic rings. The number of rotatable bonds is 7. The molecule has 3 aromatic heterocycles. The van der Waals surface area contributed by atoms with Crippen LogP contribution < -0.4 is 0 Å². The Bertz CT molecular complexity index is 3310. The molecule has 0 atom stereocenters. The molecule has 0 fully saturated rings. The zero-order chi connectivity index (χ0) is 39.1. The summed E-state index contributed by atoms with van der Waals surface area (Å²) in [5, 5.41) is 1.14. The highest BCUT2D eigenvalue weighted by atomic mass is 32.1. The molecule has 0 amide bonds. The summed E-state index contributed by atoms with van der Waals surface area (Å²) in [7, 11) is 0. The molecule has 59 heavy (non-hydrogen) atoms. The van der Waals surface area contributed by atoms with Crippen LogP contribution in [0, 0.1) is 0 Å². The molecule has 5 nitrogen and oxygen atoms in total. The maximum atomic E-state index is 5.03. The quantitative estimate of drug-likeness (QED) is 0.161. The molecule has 6 heteroatoms. The third kappa shape index (κ3) is 6.71. The van der Waals surface area contributed by atoms with E-state index in [4.69, 9.17) is 24.9 Å². The fraction of sp³-hybridized carbons (Fsp3) is 0. The van der Waals surface area contributed by atoms with Gasteiger partial charge in [0.1, 0.15) is 10.3 Å². The van der Waals surface area contributed by atoms with E-state index >= 15 is 0 Å². The molecule has 0 saturated carbocycles. The summed E-state index contributed by atoms with van der Waals surface area (Å²) in [5.74, 6) is 1.91. The van der Waals surface area contributed by atoms with E-state index in [1.54, 1.807) is 11.3 Å². The lowest BCUT2D eigenvalue weighted by Gasteiger charge is -2.11. The van der Waals surface area contributed by atoms with Crippen molar-refractivity contribution in [2.75, 3.05) is 0 Å². The molecule has 11 aromatic rings. The van der Waals surface area contributed by atoms with Crippen LogP contribution in [0.5, 0.6) is 0 Å². The predicted molar refractivity (Wildman–Crippen MR) is 244 cm³/mol. The van der Waals surface area contributed by atoms with Gasteiger partial charge in [-0.25, -0.2) is 24.9 Å². The maximum absolute atomic E-state index is 5.03. The van der Waals surface area contributed by atoms with E-state index in [-0.39, 0.29) is 0 Å². The summed E-state index contributed by atoms with van der Waals surface area (Å²) in [6.45, 7) is 0. The number of hydrogen-bond acceptors (Lipinski definition) is 6. The van der Waals surface area contributed by atoms with Gasteiger partial charge < -0.3 is 0 Å². The van der Waals surface area contributed by atoms with E-state index in [1.807, 2.05) is 60.7 Å². The molecule has 3 heterocycles. The fourth-order valence-electron chi connectivity index (χ4n) is 7.68. The average molecular weight is 772 g/mol. The zero-order valence-electron chi connectivity index (χ0n) is 31.7. The Morgan fingerprint density at radius 3 is 1.29 bits per heavy atom. The summed E-state index contributed by atoms with van der Waals surface area (Å²) >= 11 is 1.70. The van der Waals surface area contributed by atoms with Gasteiger partial charge in [0.25, 0.3) is 0 Å². The molecule has 8 aromatic carbocycles. The van der Waals surface area contributed by atoms with Crippen LogP contribution in [-0.2, 0) is 0 Å². The van der Waals surface area contributed by atoms with Gasteiger partial charge >= 0.3 is 0 Å². The monoisotopic (exact) mass is 771 g/mol. The lowest BCUT2D eigenvalue weighted by Crippen LogP contribution is -2.00. The lowest BCUT2D eigenvalue weighted by molar-refractivity contribution is 1.07. The largest absolute Gasteiger partial charge is 0.243 e.